The Labute approximate surface area is 114 Å². The van der Waals surface area contributed by atoms with Gasteiger partial charge in [0.15, 0.2) is 0 Å². The molecule has 0 aliphatic carbocycles. The lowest BCUT2D eigenvalue weighted by Gasteiger charge is -2.06. The molecule has 0 fully saturated rings. The van der Waals surface area contributed by atoms with Crippen molar-refractivity contribution in [1.82, 2.24) is 10.3 Å². The van der Waals surface area contributed by atoms with E-state index in [1.807, 2.05) is 0 Å². The SMILES string of the molecule is CC(C)CCCCCCNC(=O)c1ccc(=O)[nH]c1. The molecule has 4 nitrogen and oxygen atoms in total. The minimum atomic E-state index is -0.193. The number of pyridine rings is 1. The van der Waals surface area contributed by atoms with E-state index in [0.717, 1.165) is 18.8 Å². The molecule has 0 aliphatic heterocycles. The second-order valence-corrected chi connectivity index (χ2v) is 5.29. The predicted molar refractivity (Wildman–Crippen MR) is 77.3 cm³/mol. The molecule has 0 unspecified atom stereocenters. The Morgan fingerprint density at radius 2 is 1.95 bits per heavy atom. The van der Waals surface area contributed by atoms with Gasteiger partial charge in [-0.15, -0.1) is 0 Å². The number of carbonyl (C=O) groups excluding carboxylic acids is 1. The Hall–Kier alpha value is -1.58. The molecule has 1 aromatic heterocycles. The summed E-state index contributed by atoms with van der Waals surface area (Å²) in [5, 5.41) is 2.86. The van der Waals surface area contributed by atoms with E-state index in [9.17, 15) is 9.59 Å². The standard InChI is InChI=1S/C15H24N2O2/c1-12(2)7-5-3-4-6-10-16-15(19)13-8-9-14(18)17-11-13/h8-9,11-12H,3-7,10H2,1-2H3,(H,16,19)(H,17,18). The van der Waals surface area contributed by atoms with Crippen LogP contribution >= 0.6 is 0 Å². The highest BCUT2D eigenvalue weighted by molar-refractivity contribution is 5.93. The third-order valence-electron chi connectivity index (χ3n) is 3.04. The number of carbonyl (C=O) groups is 1. The first kappa shape index (κ1) is 15.5. The smallest absolute Gasteiger partial charge is 0.252 e. The monoisotopic (exact) mass is 264 g/mol. The van der Waals surface area contributed by atoms with E-state index in [1.165, 1.54) is 37.6 Å². The fraction of sp³-hybridized carbons (Fsp3) is 0.600. The Bertz CT molecular complexity index is 418. The number of aromatic amines is 1. The van der Waals surface area contributed by atoms with E-state index in [0.29, 0.717) is 12.1 Å². The van der Waals surface area contributed by atoms with Crippen molar-refractivity contribution in [3.8, 4) is 0 Å². The minimum absolute atomic E-state index is 0.126. The average molecular weight is 264 g/mol. The molecule has 0 bridgehead atoms. The summed E-state index contributed by atoms with van der Waals surface area (Å²) < 4.78 is 0. The van der Waals surface area contributed by atoms with Gasteiger partial charge in [0, 0.05) is 18.8 Å². The van der Waals surface area contributed by atoms with Crippen LogP contribution in [0.2, 0.25) is 0 Å². The van der Waals surface area contributed by atoms with Gasteiger partial charge in [0.1, 0.15) is 0 Å². The predicted octanol–water partition coefficient (Wildman–Crippen LogP) is 2.71. The van der Waals surface area contributed by atoms with Crippen LogP contribution in [0.25, 0.3) is 0 Å². The molecule has 0 saturated heterocycles. The second-order valence-electron chi connectivity index (χ2n) is 5.29. The first-order valence-electron chi connectivity index (χ1n) is 7.06. The first-order chi connectivity index (χ1) is 9.09. The van der Waals surface area contributed by atoms with E-state index >= 15 is 0 Å². The molecule has 0 atom stereocenters. The van der Waals surface area contributed by atoms with E-state index < -0.39 is 0 Å². The number of hydrogen-bond donors (Lipinski definition) is 2. The van der Waals surface area contributed by atoms with Gasteiger partial charge in [-0.05, 0) is 18.4 Å². The van der Waals surface area contributed by atoms with Crippen molar-refractivity contribution in [1.29, 1.82) is 0 Å². The lowest BCUT2D eigenvalue weighted by atomic mass is 10.0. The number of amides is 1. The molecule has 2 N–H and O–H groups in total. The Balaban J connectivity index is 2.11. The number of hydrogen-bond acceptors (Lipinski definition) is 2. The lowest BCUT2D eigenvalue weighted by Crippen LogP contribution is -2.25. The molecule has 1 rings (SSSR count). The summed E-state index contributed by atoms with van der Waals surface area (Å²) in [6.45, 7) is 5.18. The molecule has 0 saturated carbocycles. The summed E-state index contributed by atoms with van der Waals surface area (Å²) in [5.41, 5.74) is 0.307. The first-order valence-corrected chi connectivity index (χ1v) is 7.06. The third-order valence-corrected chi connectivity index (χ3v) is 3.04. The van der Waals surface area contributed by atoms with Gasteiger partial charge in [0.2, 0.25) is 5.56 Å². The molecule has 0 aromatic carbocycles. The van der Waals surface area contributed by atoms with Gasteiger partial charge in [-0.2, -0.15) is 0 Å². The molecule has 4 heteroatoms. The summed E-state index contributed by atoms with van der Waals surface area (Å²) in [4.78, 5) is 25.1. The average Bonchev–Trinajstić information content (AvgIpc) is 2.38. The normalized spacial score (nSPS) is 10.7. The largest absolute Gasteiger partial charge is 0.352 e. The highest BCUT2D eigenvalue weighted by Gasteiger charge is 2.03. The molecule has 1 heterocycles. The van der Waals surface area contributed by atoms with Crippen molar-refractivity contribution in [3.63, 3.8) is 0 Å². The fourth-order valence-electron chi connectivity index (χ4n) is 1.89. The topological polar surface area (TPSA) is 62.0 Å². The van der Waals surface area contributed by atoms with Crippen molar-refractivity contribution < 1.29 is 4.79 Å². The number of rotatable bonds is 8. The van der Waals surface area contributed by atoms with Gasteiger partial charge < -0.3 is 10.3 Å². The van der Waals surface area contributed by atoms with Crippen LogP contribution in [0.1, 0.15) is 56.3 Å². The van der Waals surface area contributed by atoms with Gasteiger partial charge in [-0.3, -0.25) is 9.59 Å². The fourth-order valence-corrected chi connectivity index (χ4v) is 1.89. The van der Waals surface area contributed by atoms with Crippen LogP contribution in [0.15, 0.2) is 23.1 Å². The van der Waals surface area contributed by atoms with E-state index in [1.54, 1.807) is 0 Å². The van der Waals surface area contributed by atoms with Gasteiger partial charge in [0.05, 0.1) is 5.56 Å². The van der Waals surface area contributed by atoms with Crippen LogP contribution in [-0.2, 0) is 0 Å². The van der Waals surface area contributed by atoms with Gasteiger partial charge in [0.25, 0.3) is 5.91 Å². The Morgan fingerprint density at radius 3 is 2.58 bits per heavy atom. The van der Waals surface area contributed by atoms with Crippen LogP contribution in [0.3, 0.4) is 0 Å². The maximum absolute atomic E-state index is 11.7. The molecular formula is C15H24N2O2. The number of H-pyrrole nitrogens is 1. The zero-order valence-corrected chi connectivity index (χ0v) is 11.9. The molecule has 0 radical (unpaired) electrons. The van der Waals surface area contributed by atoms with E-state index in [2.05, 4.69) is 24.1 Å². The molecule has 0 spiro atoms. The minimum Gasteiger partial charge on any atom is -0.352 e. The van der Waals surface area contributed by atoms with Crippen LogP contribution in [0.4, 0.5) is 0 Å². The Morgan fingerprint density at radius 1 is 1.21 bits per heavy atom. The molecule has 1 amide bonds. The third kappa shape index (κ3) is 6.79. The quantitative estimate of drug-likeness (QED) is 0.709. The van der Waals surface area contributed by atoms with Crippen molar-refractivity contribution in [2.45, 2.75) is 46.0 Å². The van der Waals surface area contributed by atoms with Crippen LogP contribution in [0, 0.1) is 5.92 Å². The highest BCUT2D eigenvalue weighted by Crippen LogP contribution is 2.08. The van der Waals surface area contributed by atoms with E-state index in [4.69, 9.17) is 0 Å². The van der Waals surface area contributed by atoms with Gasteiger partial charge >= 0.3 is 0 Å². The molecule has 19 heavy (non-hydrogen) atoms. The summed E-state index contributed by atoms with van der Waals surface area (Å²) in [6.07, 6.45) is 7.38. The molecular weight excluding hydrogens is 240 g/mol. The van der Waals surface area contributed by atoms with Crippen LogP contribution in [0.5, 0.6) is 0 Å². The lowest BCUT2D eigenvalue weighted by molar-refractivity contribution is 0.0952. The zero-order chi connectivity index (χ0) is 14.1. The van der Waals surface area contributed by atoms with Crippen LogP contribution in [-0.4, -0.2) is 17.4 Å². The summed E-state index contributed by atoms with van der Waals surface area (Å²) >= 11 is 0. The summed E-state index contributed by atoms with van der Waals surface area (Å²) in [7, 11) is 0. The molecule has 0 aliphatic rings. The van der Waals surface area contributed by atoms with Crippen molar-refractivity contribution >= 4 is 5.91 Å². The highest BCUT2D eigenvalue weighted by atomic mass is 16.1. The van der Waals surface area contributed by atoms with Crippen molar-refractivity contribution in [2.75, 3.05) is 6.54 Å². The van der Waals surface area contributed by atoms with Crippen LogP contribution < -0.4 is 10.9 Å². The summed E-state index contributed by atoms with van der Waals surface area (Å²) in [5.74, 6) is 0.651. The van der Waals surface area contributed by atoms with Crippen molar-refractivity contribution in [3.05, 3.63) is 34.2 Å². The van der Waals surface area contributed by atoms with Gasteiger partial charge in [-0.25, -0.2) is 0 Å². The van der Waals surface area contributed by atoms with Crippen molar-refractivity contribution in [2.24, 2.45) is 5.92 Å². The maximum atomic E-state index is 11.7. The molecule has 1 aromatic rings. The number of aromatic nitrogens is 1. The molecule has 106 valence electrons. The zero-order valence-electron chi connectivity index (χ0n) is 11.9. The summed E-state index contributed by atoms with van der Waals surface area (Å²) in [6, 6.07) is 2.90. The maximum Gasteiger partial charge on any atom is 0.252 e. The van der Waals surface area contributed by atoms with Gasteiger partial charge in [-0.1, -0.05) is 39.5 Å². The van der Waals surface area contributed by atoms with E-state index in [-0.39, 0.29) is 11.5 Å². The second kappa shape index (κ2) is 8.51. The Kier molecular flexibility index (Phi) is 6.93. The number of unbranched alkanes of at least 4 members (excludes halogenated alkanes) is 3. The number of nitrogens with one attached hydrogen (secondary N) is 2.